The van der Waals surface area contributed by atoms with Gasteiger partial charge in [0.2, 0.25) is 5.88 Å². The fourth-order valence-electron chi connectivity index (χ4n) is 5.07. The number of hydrogen-bond acceptors (Lipinski definition) is 6. The zero-order valence-corrected chi connectivity index (χ0v) is 18.4. The first-order valence-electron chi connectivity index (χ1n) is 11.2. The molecule has 1 aromatic rings. The van der Waals surface area contributed by atoms with E-state index in [-0.39, 0.29) is 6.04 Å². The lowest BCUT2D eigenvalue weighted by Gasteiger charge is -2.33. The Balaban J connectivity index is 1.49. The van der Waals surface area contributed by atoms with Crippen molar-refractivity contribution in [1.82, 2.24) is 13.6 Å². The maximum absolute atomic E-state index is 13.4. The van der Waals surface area contributed by atoms with Gasteiger partial charge in [-0.2, -0.15) is 17.0 Å². The molecule has 30 heavy (non-hydrogen) atoms. The summed E-state index contributed by atoms with van der Waals surface area (Å²) in [6.07, 6.45) is 8.77. The number of rotatable bonds is 7. The van der Waals surface area contributed by atoms with E-state index in [0.29, 0.717) is 63.7 Å². The van der Waals surface area contributed by atoms with Crippen molar-refractivity contribution in [3.05, 3.63) is 23.9 Å². The summed E-state index contributed by atoms with van der Waals surface area (Å²) >= 11 is 0. The van der Waals surface area contributed by atoms with Gasteiger partial charge in [-0.05, 0) is 29.9 Å². The van der Waals surface area contributed by atoms with Crippen molar-refractivity contribution in [2.24, 2.45) is 17.6 Å². The third-order valence-electron chi connectivity index (χ3n) is 6.76. The Hall–Kier alpha value is -1.26. The highest BCUT2D eigenvalue weighted by molar-refractivity contribution is 7.86. The van der Waals surface area contributed by atoms with E-state index in [1.54, 1.807) is 14.8 Å². The van der Waals surface area contributed by atoms with Gasteiger partial charge in [0.25, 0.3) is 10.2 Å². The molecule has 0 amide bonds. The molecule has 4 rings (SSSR count). The summed E-state index contributed by atoms with van der Waals surface area (Å²) in [6.45, 7) is 3.07. The molecule has 2 aliphatic heterocycles. The molecule has 1 aliphatic carbocycles. The highest BCUT2D eigenvalue weighted by atomic mass is 32.2. The van der Waals surface area contributed by atoms with Crippen molar-refractivity contribution in [3.63, 3.8) is 0 Å². The minimum atomic E-state index is -3.53. The standard InChI is InChI=1S/C21H34N4O4S/c22-14-17-6-7-23-21(12-17)29-16-20-13-19(18-4-2-1-3-5-18)15-25(20)30(26,27)24-8-10-28-11-9-24/h6-7,12,18-20H,1-5,8-11,13-16,22H2/t19?,20-/m0/s1. The maximum atomic E-state index is 13.4. The largest absolute Gasteiger partial charge is 0.476 e. The van der Waals surface area contributed by atoms with E-state index in [1.807, 2.05) is 12.1 Å². The van der Waals surface area contributed by atoms with E-state index >= 15 is 0 Å². The number of nitrogens with two attached hydrogens (primary N) is 1. The van der Waals surface area contributed by atoms with E-state index in [0.717, 1.165) is 12.0 Å². The molecule has 3 fully saturated rings. The molecule has 3 heterocycles. The second-order valence-electron chi connectivity index (χ2n) is 8.65. The molecule has 1 unspecified atom stereocenters. The van der Waals surface area contributed by atoms with Crippen LogP contribution in [0.25, 0.3) is 0 Å². The molecule has 168 valence electrons. The fraction of sp³-hybridized carbons (Fsp3) is 0.762. The molecule has 1 aromatic heterocycles. The third-order valence-corrected chi connectivity index (χ3v) is 8.82. The molecular formula is C21H34N4O4S. The predicted octanol–water partition coefficient (Wildman–Crippen LogP) is 1.77. The number of nitrogens with zero attached hydrogens (tertiary/aromatic N) is 3. The molecule has 0 aromatic carbocycles. The topological polar surface area (TPSA) is 98.0 Å². The van der Waals surface area contributed by atoms with Crippen LogP contribution in [0.1, 0.15) is 44.1 Å². The average molecular weight is 439 g/mol. The van der Waals surface area contributed by atoms with Gasteiger partial charge >= 0.3 is 0 Å². The van der Waals surface area contributed by atoms with Crippen LogP contribution in [0.15, 0.2) is 18.3 Å². The quantitative estimate of drug-likeness (QED) is 0.697. The predicted molar refractivity (Wildman–Crippen MR) is 114 cm³/mol. The number of ether oxygens (including phenoxy) is 2. The van der Waals surface area contributed by atoms with E-state index in [9.17, 15) is 8.42 Å². The molecule has 3 aliphatic rings. The van der Waals surface area contributed by atoms with Crippen LogP contribution in [0, 0.1) is 11.8 Å². The first-order chi connectivity index (χ1) is 14.6. The van der Waals surface area contributed by atoms with E-state index in [4.69, 9.17) is 15.2 Å². The van der Waals surface area contributed by atoms with Crippen LogP contribution < -0.4 is 10.5 Å². The van der Waals surface area contributed by atoms with Gasteiger partial charge in [-0.3, -0.25) is 0 Å². The normalized spacial score (nSPS) is 27.4. The van der Waals surface area contributed by atoms with Crippen molar-refractivity contribution in [2.45, 2.75) is 51.1 Å². The lowest BCUT2D eigenvalue weighted by Crippen LogP contribution is -2.51. The summed E-state index contributed by atoms with van der Waals surface area (Å²) in [5.41, 5.74) is 6.66. The van der Waals surface area contributed by atoms with Crippen LogP contribution in [0.2, 0.25) is 0 Å². The van der Waals surface area contributed by atoms with Crippen LogP contribution in [0.5, 0.6) is 5.88 Å². The van der Waals surface area contributed by atoms with Crippen molar-refractivity contribution < 1.29 is 17.9 Å². The van der Waals surface area contributed by atoms with Crippen LogP contribution in [0.3, 0.4) is 0 Å². The van der Waals surface area contributed by atoms with Crippen LogP contribution >= 0.6 is 0 Å². The Labute approximate surface area is 179 Å². The van der Waals surface area contributed by atoms with Crippen LogP contribution in [-0.4, -0.2) is 67.5 Å². The second-order valence-corrected chi connectivity index (χ2v) is 10.5. The first kappa shape index (κ1) is 22.0. The van der Waals surface area contributed by atoms with Crippen molar-refractivity contribution in [2.75, 3.05) is 39.5 Å². The smallest absolute Gasteiger partial charge is 0.282 e. The molecule has 0 radical (unpaired) electrons. The number of hydrogen-bond donors (Lipinski definition) is 1. The van der Waals surface area contributed by atoms with Gasteiger partial charge in [0.05, 0.1) is 19.3 Å². The van der Waals surface area contributed by atoms with Gasteiger partial charge in [-0.1, -0.05) is 32.1 Å². The molecule has 9 heteroatoms. The summed E-state index contributed by atoms with van der Waals surface area (Å²) in [5, 5.41) is 0. The van der Waals surface area contributed by atoms with Gasteiger partial charge < -0.3 is 15.2 Å². The zero-order chi connectivity index (χ0) is 21.0. The monoisotopic (exact) mass is 438 g/mol. The van der Waals surface area contributed by atoms with Crippen molar-refractivity contribution in [3.8, 4) is 5.88 Å². The van der Waals surface area contributed by atoms with E-state index in [1.165, 1.54) is 32.1 Å². The number of aromatic nitrogens is 1. The highest BCUT2D eigenvalue weighted by Gasteiger charge is 2.45. The lowest BCUT2D eigenvalue weighted by atomic mass is 9.79. The van der Waals surface area contributed by atoms with Crippen LogP contribution in [-0.2, 0) is 21.5 Å². The fourth-order valence-corrected chi connectivity index (χ4v) is 6.88. The average Bonchev–Trinajstić information content (AvgIpc) is 3.24. The molecule has 2 N–H and O–H groups in total. The third kappa shape index (κ3) is 4.96. The summed E-state index contributed by atoms with van der Waals surface area (Å²) in [6, 6.07) is 3.51. The van der Waals surface area contributed by atoms with Crippen molar-refractivity contribution >= 4 is 10.2 Å². The second kappa shape index (κ2) is 9.91. The molecule has 1 saturated carbocycles. The molecular weight excluding hydrogens is 404 g/mol. The van der Waals surface area contributed by atoms with E-state index in [2.05, 4.69) is 4.98 Å². The summed E-state index contributed by atoms with van der Waals surface area (Å²) in [4.78, 5) is 4.26. The Morgan fingerprint density at radius 1 is 1.17 bits per heavy atom. The Morgan fingerprint density at radius 3 is 2.67 bits per heavy atom. The van der Waals surface area contributed by atoms with Gasteiger partial charge in [0.15, 0.2) is 0 Å². The first-order valence-corrected chi connectivity index (χ1v) is 12.6. The highest BCUT2D eigenvalue weighted by Crippen LogP contribution is 2.39. The molecule has 2 saturated heterocycles. The SMILES string of the molecule is NCc1ccnc(OC[C@@H]2CC(C3CCCCC3)CN2S(=O)(=O)N2CCOCC2)c1. The Morgan fingerprint density at radius 2 is 1.93 bits per heavy atom. The van der Waals surface area contributed by atoms with Gasteiger partial charge in [0, 0.05) is 38.4 Å². The van der Waals surface area contributed by atoms with Gasteiger partial charge in [0.1, 0.15) is 6.61 Å². The molecule has 2 atom stereocenters. The molecule has 0 spiro atoms. The maximum Gasteiger partial charge on any atom is 0.282 e. The van der Waals surface area contributed by atoms with Gasteiger partial charge in [-0.25, -0.2) is 4.98 Å². The lowest BCUT2D eigenvalue weighted by molar-refractivity contribution is 0.0692. The summed E-state index contributed by atoms with van der Waals surface area (Å²) in [7, 11) is -3.53. The molecule has 8 nitrogen and oxygen atoms in total. The minimum absolute atomic E-state index is 0.173. The van der Waals surface area contributed by atoms with Crippen LogP contribution in [0.4, 0.5) is 0 Å². The Kier molecular flexibility index (Phi) is 7.25. The summed E-state index contributed by atoms with van der Waals surface area (Å²) in [5.74, 6) is 1.52. The van der Waals surface area contributed by atoms with Gasteiger partial charge in [-0.15, -0.1) is 0 Å². The summed E-state index contributed by atoms with van der Waals surface area (Å²) < 4.78 is 41.5. The van der Waals surface area contributed by atoms with Crippen molar-refractivity contribution in [1.29, 1.82) is 0 Å². The Bertz CT molecular complexity index is 794. The minimum Gasteiger partial charge on any atom is -0.476 e. The molecule has 0 bridgehead atoms. The number of morpholine rings is 1. The number of pyridine rings is 1. The van der Waals surface area contributed by atoms with E-state index < -0.39 is 10.2 Å². The zero-order valence-electron chi connectivity index (χ0n) is 17.6.